The highest BCUT2D eigenvalue weighted by molar-refractivity contribution is 5.99. The van der Waals surface area contributed by atoms with Gasteiger partial charge in [-0.25, -0.2) is 4.39 Å². The zero-order chi connectivity index (χ0) is 14.4. The molecule has 20 heavy (non-hydrogen) atoms. The van der Waals surface area contributed by atoms with E-state index in [9.17, 15) is 9.18 Å². The molecule has 1 atom stereocenters. The van der Waals surface area contributed by atoms with E-state index in [4.69, 9.17) is 4.74 Å². The molecule has 1 unspecified atom stereocenters. The molecule has 2 N–H and O–H groups in total. The number of anilines is 1. The second-order valence-corrected chi connectivity index (χ2v) is 4.93. The average Bonchev–Trinajstić information content (AvgIpc) is 2.96. The molecule has 1 aromatic rings. The van der Waals surface area contributed by atoms with Crippen LogP contribution in [0.1, 0.15) is 36.5 Å². The number of benzene rings is 1. The van der Waals surface area contributed by atoms with Crippen LogP contribution in [0.2, 0.25) is 0 Å². The van der Waals surface area contributed by atoms with Gasteiger partial charge in [-0.05, 0) is 31.4 Å². The Morgan fingerprint density at radius 1 is 1.50 bits per heavy atom. The first-order valence-electron chi connectivity index (χ1n) is 7.14. The van der Waals surface area contributed by atoms with Crippen molar-refractivity contribution >= 4 is 11.6 Å². The minimum absolute atomic E-state index is 0.0829. The highest BCUT2D eigenvalue weighted by Crippen LogP contribution is 2.20. The molecule has 4 nitrogen and oxygen atoms in total. The average molecular weight is 280 g/mol. The summed E-state index contributed by atoms with van der Waals surface area (Å²) in [6.07, 6.45) is 2.94. The van der Waals surface area contributed by atoms with Gasteiger partial charge in [-0.3, -0.25) is 4.79 Å². The molecule has 1 aliphatic rings. The first-order chi connectivity index (χ1) is 9.72. The van der Waals surface area contributed by atoms with Crippen LogP contribution in [-0.2, 0) is 4.74 Å². The number of para-hydroxylation sites is 1. The minimum Gasteiger partial charge on any atom is -0.382 e. The number of carbonyl (C=O) groups is 1. The maximum Gasteiger partial charge on any atom is 0.253 e. The van der Waals surface area contributed by atoms with E-state index >= 15 is 0 Å². The van der Waals surface area contributed by atoms with Crippen molar-refractivity contribution in [2.75, 3.05) is 25.0 Å². The Balaban J connectivity index is 2.02. The van der Waals surface area contributed by atoms with Gasteiger partial charge in [0.15, 0.2) is 0 Å². The monoisotopic (exact) mass is 280 g/mol. The number of nitrogens with one attached hydrogen (secondary N) is 2. The SMILES string of the molecule is CCCNc1c(F)cccc1C(=O)NCC1CCCO1. The highest BCUT2D eigenvalue weighted by Gasteiger charge is 2.19. The number of halogens is 1. The molecule has 1 fully saturated rings. The molecule has 5 heteroatoms. The van der Waals surface area contributed by atoms with Crippen LogP contribution in [0.25, 0.3) is 0 Å². The largest absolute Gasteiger partial charge is 0.382 e. The standard InChI is InChI=1S/C15H21FN2O2/c1-2-8-17-14-12(6-3-7-13(14)16)15(19)18-10-11-5-4-9-20-11/h3,6-7,11,17H,2,4-5,8-10H2,1H3,(H,18,19). The lowest BCUT2D eigenvalue weighted by Gasteiger charge is -2.14. The molecule has 0 radical (unpaired) electrons. The first-order valence-corrected chi connectivity index (χ1v) is 7.14. The van der Waals surface area contributed by atoms with E-state index in [1.165, 1.54) is 6.07 Å². The molecule has 0 saturated carbocycles. The van der Waals surface area contributed by atoms with E-state index in [1.807, 2.05) is 6.92 Å². The van der Waals surface area contributed by atoms with Crippen LogP contribution in [0, 0.1) is 5.82 Å². The predicted octanol–water partition coefficient (Wildman–Crippen LogP) is 2.56. The van der Waals surface area contributed by atoms with Crippen LogP contribution in [-0.4, -0.2) is 31.7 Å². The quantitative estimate of drug-likeness (QED) is 0.842. The minimum atomic E-state index is -0.400. The van der Waals surface area contributed by atoms with Gasteiger partial charge in [-0.15, -0.1) is 0 Å². The molecule has 1 heterocycles. The molecule has 0 aromatic heterocycles. The highest BCUT2D eigenvalue weighted by atomic mass is 19.1. The molecule has 0 spiro atoms. The lowest BCUT2D eigenvalue weighted by atomic mass is 10.1. The zero-order valence-electron chi connectivity index (χ0n) is 11.7. The summed E-state index contributed by atoms with van der Waals surface area (Å²) < 4.78 is 19.3. The molecule has 0 bridgehead atoms. The molecule has 110 valence electrons. The lowest BCUT2D eigenvalue weighted by Crippen LogP contribution is -2.32. The Labute approximate surface area is 118 Å². The maximum absolute atomic E-state index is 13.8. The van der Waals surface area contributed by atoms with Crippen molar-refractivity contribution in [2.45, 2.75) is 32.3 Å². The van der Waals surface area contributed by atoms with Crippen LogP contribution in [0.5, 0.6) is 0 Å². The van der Waals surface area contributed by atoms with Crippen LogP contribution in [0.3, 0.4) is 0 Å². The Bertz CT molecular complexity index is 459. The molecular formula is C15H21FN2O2. The number of ether oxygens (including phenoxy) is 1. The summed E-state index contributed by atoms with van der Waals surface area (Å²) in [5.41, 5.74) is 0.621. The number of carbonyl (C=O) groups excluding carboxylic acids is 1. The van der Waals surface area contributed by atoms with Gasteiger partial charge >= 0.3 is 0 Å². The molecular weight excluding hydrogens is 259 g/mol. The van der Waals surface area contributed by atoms with Crippen LogP contribution in [0.15, 0.2) is 18.2 Å². The fourth-order valence-corrected chi connectivity index (χ4v) is 2.25. The third kappa shape index (κ3) is 3.70. The molecule has 2 rings (SSSR count). The van der Waals surface area contributed by atoms with Gasteiger partial charge < -0.3 is 15.4 Å². The third-order valence-electron chi connectivity index (χ3n) is 3.32. The van der Waals surface area contributed by atoms with E-state index in [-0.39, 0.29) is 17.7 Å². The van der Waals surface area contributed by atoms with Crippen molar-refractivity contribution in [1.82, 2.24) is 5.32 Å². The van der Waals surface area contributed by atoms with Gasteiger partial charge in [0.2, 0.25) is 0 Å². The summed E-state index contributed by atoms with van der Waals surface area (Å²) in [4.78, 5) is 12.2. The van der Waals surface area contributed by atoms with Crippen LogP contribution in [0.4, 0.5) is 10.1 Å². The normalized spacial score (nSPS) is 18.0. The van der Waals surface area contributed by atoms with Gasteiger partial charge in [0, 0.05) is 19.7 Å². The van der Waals surface area contributed by atoms with Crippen molar-refractivity contribution in [2.24, 2.45) is 0 Å². The summed E-state index contributed by atoms with van der Waals surface area (Å²) >= 11 is 0. The zero-order valence-corrected chi connectivity index (χ0v) is 11.7. The molecule has 1 aromatic carbocycles. The molecule has 0 aliphatic carbocycles. The van der Waals surface area contributed by atoms with E-state index in [1.54, 1.807) is 12.1 Å². The van der Waals surface area contributed by atoms with Crippen molar-refractivity contribution < 1.29 is 13.9 Å². The van der Waals surface area contributed by atoms with Gasteiger partial charge in [-0.2, -0.15) is 0 Å². The Morgan fingerprint density at radius 3 is 3.05 bits per heavy atom. The summed E-state index contributed by atoms with van der Waals surface area (Å²) in [7, 11) is 0. The van der Waals surface area contributed by atoms with E-state index in [0.717, 1.165) is 25.9 Å². The van der Waals surface area contributed by atoms with E-state index in [2.05, 4.69) is 10.6 Å². The van der Waals surface area contributed by atoms with Gasteiger partial charge in [0.25, 0.3) is 5.91 Å². The first kappa shape index (κ1) is 14.8. The summed E-state index contributed by atoms with van der Waals surface area (Å²) in [5.74, 6) is -0.665. The van der Waals surface area contributed by atoms with Gasteiger partial charge in [-0.1, -0.05) is 13.0 Å². The summed E-state index contributed by atoms with van der Waals surface area (Å²) in [6.45, 7) is 3.85. The topological polar surface area (TPSA) is 50.4 Å². The maximum atomic E-state index is 13.8. The van der Waals surface area contributed by atoms with Crippen molar-refractivity contribution in [3.63, 3.8) is 0 Å². The smallest absolute Gasteiger partial charge is 0.253 e. The molecule has 1 aliphatic heterocycles. The molecule has 1 saturated heterocycles. The second-order valence-electron chi connectivity index (χ2n) is 4.93. The number of rotatable bonds is 6. The predicted molar refractivity (Wildman–Crippen MR) is 76.5 cm³/mol. The summed E-state index contributed by atoms with van der Waals surface area (Å²) in [6, 6.07) is 4.54. The Kier molecular flexibility index (Phi) is 5.35. The van der Waals surface area contributed by atoms with Crippen LogP contribution >= 0.6 is 0 Å². The Morgan fingerprint density at radius 2 is 2.35 bits per heavy atom. The summed E-state index contributed by atoms with van der Waals surface area (Å²) in [5, 5.41) is 5.79. The second kappa shape index (κ2) is 7.24. The number of hydrogen-bond donors (Lipinski definition) is 2. The van der Waals surface area contributed by atoms with E-state index < -0.39 is 5.82 Å². The Hall–Kier alpha value is -1.62. The van der Waals surface area contributed by atoms with Gasteiger partial charge in [0.1, 0.15) is 5.82 Å². The van der Waals surface area contributed by atoms with Crippen molar-refractivity contribution in [1.29, 1.82) is 0 Å². The van der Waals surface area contributed by atoms with Gasteiger partial charge in [0.05, 0.1) is 17.4 Å². The number of hydrogen-bond acceptors (Lipinski definition) is 3. The van der Waals surface area contributed by atoms with Crippen molar-refractivity contribution in [3.05, 3.63) is 29.6 Å². The van der Waals surface area contributed by atoms with E-state index in [0.29, 0.717) is 18.7 Å². The third-order valence-corrected chi connectivity index (χ3v) is 3.32. The number of amides is 1. The van der Waals surface area contributed by atoms with Crippen LogP contribution < -0.4 is 10.6 Å². The fourth-order valence-electron chi connectivity index (χ4n) is 2.25. The lowest BCUT2D eigenvalue weighted by molar-refractivity contribution is 0.0858. The molecule has 1 amide bonds. The van der Waals surface area contributed by atoms with Crippen molar-refractivity contribution in [3.8, 4) is 0 Å². The fraction of sp³-hybridized carbons (Fsp3) is 0.533.